The van der Waals surface area contributed by atoms with Crippen LogP contribution in [0.15, 0.2) is 24.5 Å². The summed E-state index contributed by atoms with van der Waals surface area (Å²) in [5.41, 5.74) is 5.35. The van der Waals surface area contributed by atoms with E-state index in [1.165, 1.54) is 4.90 Å². The molecule has 1 aromatic heterocycles. The van der Waals surface area contributed by atoms with Crippen LogP contribution in [0.3, 0.4) is 0 Å². The lowest BCUT2D eigenvalue weighted by Crippen LogP contribution is -2.52. The standard InChI is InChI=1S/C16H22N4O3/c17-16(22)20-8-2-4-14(20)15(21)19-9-5-12(6-10-19)23-13-3-1-7-18-11-13/h1,3,7,11-12,14H,2,4-6,8-10H2,(H2,17,22)/t14-/m0/s1. The molecule has 7 heteroatoms. The number of piperidine rings is 1. The molecule has 0 aromatic carbocycles. The molecule has 3 rings (SSSR count). The van der Waals surface area contributed by atoms with Crippen molar-refractivity contribution >= 4 is 11.9 Å². The van der Waals surface area contributed by atoms with E-state index in [1.54, 1.807) is 12.4 Å². The fourth-order valence-electron chi connectivity index (χ4n) is 3.30. The minimum Gasteiger partial charge on any atom is -0.489 e. The number of carbonyl (C=O) groups is 2. The molecule has 0 bridgehead atoms. The minimum atomic E-state index is -0.504. The first-order valence-electron chi connectivity index (χ1n) is 8.06. The predicted molar refractivity (Wildman–Crippen MR) is 83.8 cm³/mol. The van der Waals surface area contributed by atoms with E-state index < -0.39 is 6.03 Å². The Balaban J connectivity index is 1.52. The highest BCUT2D eigenvalue weighted by Gasteiger charge is 2.36. The molecule has 23 heavy (non-hydrogen) atoms. The fraction of sp³-hybridized carbons (Fsp3) is 0.562. The number of hydrogen-bond acceptors (Lipinski definition) is 4. The van der Waals surface area contributed by atoms with Crippen molar-refractivity contribution in [2.75, 3.05) is 19.6 Å². The molecular weight excluding hydrogens is 296 g/mol. The molecule has 7 nitrogen and oxygen atoms in total. The molecule has 124 valence electrons. The summed E-state index contributed by atoms with van der Waals surface area (Å²) in [7, 11) is 0. The third-order valence-corrected chi connectivity index (χ3v) is 4.51. The minimum absolute atomic E-state index is 0.0149. The molecule has 2 aliphatic heterocycles. The monoisotopic (exact) mass is 318 g/mol. The van der Waals surface area contributed by atoms with Gasteiger partial charge in [-0.3, -0.25) is 9.78 Å². The van der Waals surface area contributed by atoms with E-state index in [9.17, 15) is 9.59 Å². The first kappa shape index (κ1) is 15.6. The van der Waals surface area contributed by atoms with E-state index in [0.717, 1.165) is 25.0 Å². The van der Waals surface area contributed by atoms with Crippen LogP contribution in [0, 0.1) is 0 Å². The van der Waals surface area contributed by atoms with E-state index in [1.807, 2.05) is 17.0 Å². The maximum absolute atomic E-state index is 12.6. The molecule has 2 aliphatic rings. The largest absolute Gasteiger partial charge is 0.489 e. The summed E-state index contributed by atoms with van der Waals surface area (Å²) < 4.78 is 5.88. The van der Waals surface area contributed by atoms with E-state index in [-0.39, 0.29) is 18.1 Å². The number of carbonyl (C=O) groups excluding carboxylic acids is 2. The Labute approximate surface area is 135 Å². The molecule has 0 unspecified atom stereocenters. The SMILES string of the molecule is NC(=O)N1CCC[C@H]1C(=O)N1CCC(Oc2cccnc2)CC1. The van der Waals surface area contributed by atoms with E-state index in [2.05, 4.69) is 4.98 Å². The van der Waals surface area contributed by atoms with E-state index in [4.69, 9.17) is 10.5 Å². The Bertz CT molecular complexity index is 558. The second kappa shape index (κ2) is 6.85. The van der Waals surface area contributed by atoms with Crippen molar-refractivity contribution in [2.45, 2.75) is 37.8 Å². The van der Waals surface area contributed by atoms with Gasteiger partial charge in [0.1, 0.15) is 17.9 Å². The Morgan fingerprint density at radius 2 is 2.00 bits per heavy atom. The number of urea groups is 1. The van der Waals surface area contributed by atoms with Gasteiger partial charge in [0, 0.05) is 38.7 Å². The van der Waals surface area contributed by atoms with Gasteiger partial charge in [0.25, 0.3) is 0 Å². The molecule has 0 aliphatic carbocycles. The molecule has 3 amide bonds. The summed E-state index contributed by atoms with van der Waals surface area (Å²) in [5, 5.41) is 0. The first-order chi connectivity index (χ1) is 11.1. The normalized spacial score (nSPS) is 22.2. The Kier molecular flexibility index (Phi) is 4.64. The van der Waals surface area contributed by atoms with Crippen LogP contribution in [-0.2, 0) is 4.79 Å². The van der Waals surface area contributed by atoms with Gasteiger partial charge in [-0.1, -0.05) is 0 Å². The summed E-state index contributed by atoms with van der Waals surface area (Å²) >= 11 is 0. The second-order valence-corrected chi connectivity index (χ2v) is 6.02. The molecule has 0 spiro atoms. The zero-order valence-electron chi connectivity index (χ0n) is 13.1. The summed E-state index contributed by atoms with van der Waals surface area (Å²) in [6.45, 7) is 1.87. The summed E-state index contributed by atoms with van der Waals surface area (Å²) in [6, 6.07) is 2.83. The van der Waals surface area contributed by atoms with Crippen LogP contribution >= 0.6 is 0 Å². The van der Waals surface area contributed by atoms with Crippen molar-refractivity contribution in [3.8, 4) is 5.75 Å². The highest BCUT2D eigenvalue weighted by atomic mass is 16.5. The van der Waals surface area contributed by atoms with Crippen LogP contribution in [0.2, 0.25) is 0 Å². The topological polar surface area (TPSA) is 88.8 Å². The van der Waals surface area contributed by atoms with E-state index >= 15 is 0 Å². The van der Waals surface area contributed by atoms with Gasteiger partial charge >= 0.3 is 6.03 Å². The van der Waals surface area contributed by atoms with Crippen LogP contribution in [0.4, 0.5) is 4.79 Å². The van der Waals surface area contributed by atoms with Crippen molar-refractivity contribution in [1.82, 2.24) is 14.8 Å². The first-order valence-corrected chi connectivity index (χ1v) is 8.06. The maximum Gasteiger partial charge on any atom is 0.315 e. The molecule has 2 N–H and O–H groups in total. The van der Waals surface area contributed by atoms with Crippen molar-refractivity contribution in [1.29, 1.82) is 0 Å². The molecule has 0 radical (unpaired) electrons. The van der Waals surface area contributed by atoms with Gasteiger partial charge < -0.3 is 20.3 Å². The lowest BCUT2D eigenvalue weighted by atomic mass is 10.1. The summed E-state index contributed by atoms with van der Waals surface area (Å²) in [4.78, 5) is 31.4. The van der Waals surface area contributed by atoms with Crippen LogP contribution in [0.1, 0.15) is 25.7 Å². The Morgan fingerprint density at radius 3 is 2.65 bits per heavy atom. The second-order valence-electron chi connectivity index (χ2n) is 6.02. The Morgan fingerprint density at radius 1 is 1.22 bits per heavy atom. The zero-order chi connectivity index (χ0) is 16.2. The predicted octanol–water partition coefficient (Wildman–Crippen LogP) is 0.994. The average Bonchev–Trinajstić information content (AvgIpc) is 3.06. The van der Waals surface area contributed by atoms with Gasteiger partial charge in [-0.15, -0.1) is 0 Å². The molecular formula is C16H22N4O3. The molecule has 1 aromatic rings. The lowest BCUT2D eigenvalue weighted by Gasteiger charge is -2.35. The number of nitrogens with two attached hydrogens (primary N) is 1. The van der Waals surface area contributed by atoms with Crippen molar-refractivity contribution < 1.29 is 14.3 Å². The number of likely N-dealkylation sites (tertiary alicyclic amines) is 2. The van der Waals surface area contributed by atoms with Crippen molar-refractivity contribution in [2.24, 2.45) is 5.73 Å². The fourth-order valence-corrected chi connectivity index (χ4v) is 3.30. The molecule has 2 saturated heterocycles. The maximum atomic E-state index is 12.6. The Hall–Kier alpha value is -2.31. The van der Waals surface area contributed by atoms with Gasteiger partial charge in [0.2, 0.25) is 5.91 Å². The third-order valence-electron chi connectivity index (χ3n) is 4.51. The number of nitrogens with zero attached hydrogens (tertiary/aromatic N) is 3. The molecule has 3 heterocycles. The number of amides is 3. The highest BCUT2D eigenvalue weighted by Crippen LogP contribution is 2.23. The van der Waals surface area contributed by atoms with Gasteiger partial charge in [0.05, 0.1) is 6.20 Å². The van der Waals surface area contributed by atoms with Crippen LogP contribution in [0.5, 0.6) is 5.75 Å². The van der Waals surface area contributed by atoms with Crippen LogP contribution in [-0.4, -0.2) is 58.5 Å². The third kappa shape index (κ3) is 3.55. The number of rotatable bonds is 3. The number of primary amides is 1. The quantitative estimate of drug-likeness (QED) is 0.900. The van der Waals surface area contributed by atoms with Gasteiger partial charge in [-0.2, -0.15) is 0 Å². The van der Waals surface area contributed by atoms with Gasteiger partial charge in [0.15, 0.2) is 0 Å². The number of pyridine rings is 1. The van der Waals surface area contributed by atoms with Gasteiger partial charge in [-0.25, -0.2) is 4.79 Å². The smallest absolute Gasteiger partial charge is 0.315 e. The average molecular weight is 318 g/mol. The summed E-state index contributed by atoms with van der Waals surface area (Å²) in [6.07, 6.45) is 6.60. The zero-order valence-corrected chi connectivity index (χ0v) is 13.1. The van der Waals surface area contributed by atoms with Crippen LogP contribution in [0.25, 0.3) is 0 Å². The molecule has 1 atom stereocenters. The number of hydrogen-bond donors (Lipinski definition) is 1. The van der Waals surface area contributed by atoms with E-state index in [0.29, 0.717) is 26.1 Å². The molecule has 2 fully saturated rings. The number of aromatic nitrogens is 1. The van der Waals surface area contributed by atoms with Gasteiger partial charge in [-0.05, 0) is 25.0 Å². The van der Waals surface area contributed by atoms with Crippen molar-refractivity contribution in [3.05, 3.63) is 24.5 Å². The number of ether oxygens (including phenoxy) is 1. The highest BCUT2D eigenvalue weighted by molar-refractivity contribution is 5.87. The van der Waals surface area contributed by atoms with Crippen molar-refractivity contribution in [3.63, 3.8) is 0 Å². The lowest BCUT2D eigenvalue weighted by molar-refractivity contribution is -0.136. The van der Waals surface area contributed by atoms with Crippen LogP contribution < -0.4 is 10.5 Å². The molecule has 0 saturated carbocycles. The summed E-state index contributed by atoms with van der Waals surface area (Å²) in [5.74, 6) is 0.772.